The second-order valence-electron chi connectivity index (χ2n) is 7.65. The molecule has 0 fully saturated rings. The molecular formula is C25H30. The molecule has 1 aromatic carbocycles. The number of rotatable bonds is 3. The third kappa shape index (κ3) is 3.95. The van der Waals surface area contributed by atoms with E-state index in [1.807, 2.05) is 0 Å². The molecule has 0 saturated heterocycles. The zero-order valence-electron chi connectivity index (χ0n) is 15.8. The van der Waals surface area contributed by atoms with Gasteiger partial charge in [-0.3, -0.25) is 0 Å². The molecule has 0 amide bonds. The van der Waals surface area contributed by atoms with E-state index in [1.54, 1.807) is 0 Å². The standard InChI is InChI=1S/C25H30/c1-20-10-8-14-23(15-9-11-20)25(3,22-12-6-4-5-7-13-22)24-18-16-21(2)17-19-24/h4,6-8,10,12-14,16-19,23H,5,9,11,15H2,1-3H3/b14-8-,20-10?. The number of hydrogen-bond donors (Lipinski definition) is 0. The number of allylic oxidation sites excluding steroid dienone is 10. The van der Waals surface area contributed by atoms with Crippen molar-refractivity contribution in [3.8, 4) is 0 Å². The monoisotopic (exact) mass is 330 g/mol. The molecule has 2 aliphatic rings. The van der Waals surface area contributed by atoms with Crippen molar-refractivity contribution in [3.63, 3.8) is 0 Å². The van der Waals surface area contributed by atoms with Crippen LogP contribution in [0.2, 0.25) is 0 Å². The predicted molar refractivity (Wildman–Crippen MR) is 110 cm³/mol. The summed E-state index contributed by atoms with van der Waals surface area (Å²) in [6, 6.07) is 9.15. The van der Waals surface area contributed by atoms with Crippen molar-refractivity contribution in [1.82, 2.24) is 0 Å². The first-order chi connectivity index (χ1) is 12.1. The molecule has 130 valence electrons. The summed E-state index contributed by atoms with van der Waals surface area (Å²) >= 11 is 0. The minimum absolute atomic E-state index is 0.00549. The van der Waals surface area contributed by atoms with Gasteiger partial charge in [0.1, 0.15) is 0 Å². The molecule has 0 N–H and O–H groups in total. The molecule has 0 bridgehead atoms. The molecule has 0 aromatic heterocycles. The van der Waals surface area contributed by atoms with E-state index < -0.39 is 0 Å². The molecule has 2 aliphatic carbocycles. The SMILES string of the molecule is CC1=C/C=C\C(C(C)(C2=CC=CCC=C2)c2ccc(C)cc2)CCC1. The summed E-state index contributed by atoms with van der Waals surface area (Å²) in [6.45, 7) is 6.84. The summed E-state index contributed by atoms with van der Waals surface area (Å²) in [5.74, 6) is 0.502. The Bertz CT molecular complexity index is 737. The molecular weight excluding hydrogens is 300 g/mol. The van der Waals surface area contributed by atoms with Crippen LogP contribution in [0.15, 0.2) is 84.0 Å². The second-order valence-corrected chi connectivity index (χ2v) is 7.65. The van der Waals surface area contributed by atoms with Gasteiger partial charge in [0.15, 0.2) is 0 Å². The van der Waals surface area contributed by atoms with Crippen molar-refractivity contribution >= 4 is 0 Å². The first kappa shape index (κ1) is 17.7. The van der Waals surface area contributed by atoms with Gasteiger partial charge in [0.25, 0.3) is 0 Å². The van der Waals surface area contributed by atoms with Crippen LogP contribution in [0.1, 0.15) is 50.7 Å². The highest BCUT2D eigenvalue weighted by molar-refractivity contribution is 5.46. The van der Waals surface area contributed by atoms with E-state index in [1.165, 1.54) is 41.5 Å². The summed E-state index contributed by atoms with van der Waals surface area (Å²) in [6.07, 6.45) is 23.1. The van der Waals surface area contributed by atoms with Crippen LogP contribution >= 0.6 is 0 Å². The lowest BCUT2D eigenvalue weighted by Gasteiger charge is -2.39. The Kier molecular flexibility index (Phi) is 5.58. The Morgan fingerprint density at radius 3 is 2.56 bits per heavy atom. The number of aryl methyl sites for hydroxylation is 1. The minimum atomic E-state index is -0.00549. The van der Waals surface area contributed by atoms with Gasteiger partial charge < -0.3 is 0 Å². The van der Waals surface area contributed by atoms with Crippen LogP contribution in [-0.2, 0) is 5.41 Å². The average molecular weight is 331 g/mol. The van der Waals surface area contributed by atoms with Crippen LogP contribution in [0, 0.1) is 12.8 Å². The van der Waals surface area contributed by atoms with Crippen molar-refractivity contribution in [3.05, 3.63) is 95.1 Å². The van der Waals surface area contributed by atoms with Crippen LogP contribution in [0.25, 0.3) is 0 Å². The topological polar surface area (TPSA) is 0 Å². The normalized spacial score (nSPS) is 24.4. The lowest BCUT2D eigenvalue weighted by Crippen LogP contribution is -2.33. The van der Waals surface area contributed by atoms with Gasteiger partial charge in [0.05, 0.1) is 0 Å². The Morgan fingerprint density at radius 2 is 1.76 bits per heavy atom. The molecule has 2 unspecified atom stereocenters. The van der Waals surface area contributed by atoms with Crippen LogP contribution in [0.5, 0.6) is 0 Å². The van der Waals surface area contributed by atoms with Gasteiger partial charge in [0, 0.05) is 5.41 Å². The summed E-state index contributed by atoms with van der Waals surface area (Å²) in [5, 5.41) is 0. The summed E-state index contributed by atoms with van der Waals surface area (Å²) in [4.78, 5) is 0. The Hall–Kier alpha value is -2.08. The maximum atomic E-state index is 2.44. The van der Waals surface area contributed by atoms with E-state index in [0.717, 1.165) is 6.42 Å². The molecule has 3 rings (SSSR count). The molecule has 0 heterocycles. The third-order valence-electron chi connectivity index (χ3n) is 5.78. The molecule has 0 nitrogen and oxygen atoms in total. The van der Waals surface area contributed by atoms with Crippen molar-refractivity contribution in [1.29, 1.82) is 0 Å². The van der Waals surface area contributed by atoms with Crippen molar-refractivity contribution in [2.45, 2.75) is 51.9 Å². The van der Waals surface area contributed by atoms with E-state index in [4.69, 9.17) is 0 Å². The molecule has 0 saturated carbocycles. The van der Waals surface area contributed by atoms with Crippen molar-refractivity contribution in [2.24, 2.45) is 5.92 Å². The first-order valence-corrected chi connectivity index (χ1v) is 9.55. The molecule has 0 spiro atoms. The fraction of sp³-hybridized carbons (Fsp3) is 0.360. The fourth-order valence-electron chi connectivity index (χ4n) is 4.04. The average Bonchev–Trinajstić information content (AvgIpc) is 2.88. The summed E-state index contributed by atoms with van der Waals surface area (Å²) < 4.78 is 0. The fourth-order valence-corrected chi connectivity index (χ4v) is 4.04. The third-order valence-corrected chi connectivity index (χ3v) is 5.78. The lowest BCUT2D eigenvalue weighted by molar-refractivity contribution is 0.380. The van der Waals surface area contributed by atoms with Gasteiger partial charge in [-0.15, -0.1) is 0 Å². The van der Waals surface area contributed by atoms with Crippen LogP contribution in [0.3, 0.4) is 0 Å². The van der Waals surface area contributed by atoms with Gasteiger partial charge in [0.2, 0.25) is 0 Å². The van der Waals surface area contributed by atoms with Crippen molar-refractivity contribution in [2.75, 3.05) is 0 Å². The molecule has 1 aromatic rings. The van der Waals surface area contributed by atoms with E-state index in [-0.39, 0.29) is 5.41 Å². The van der Waals surface area contributed by atoms with Crippen LogP contribution < -0.4 is 0 Å². The Labute approximate surface area is 153 Å². The van der Waals surface area contributed by atoms with E-state index in [2.05, 4.69) is 93.6 Å². The number of hydrogen-bond acceptors (Lipinski definition) is 0. The highest BCUT2D eigenvalue weighted by Gasteiger charge is 2.36. The summed E-state index contributed by atoms with van der Waals surface area (Å²) in [5.41, 5.74) is 5.64. The molecule has 0 radical (unpaired) electrons. The summed E-state index contributed by atoms with van der Waals surface area (Å²) in [7, 11) is 0. The molecule has 25 heavy (non-hydrogen) atoms. The van der Waals surface area contributed by atoms with E-state index in [9.17, 15) is 0 Å². The van der Waals surface area contributed by atoms with Gasteiger partial charge in [-0.05, 0) is 56.6 Å². The van der Waals surface area contributed by atoms with Gasteiger partial charge >= 0.3 is 0 Å². The largest absolute Gasteiger partial charge is 0.0807 e. The van der Waals surface area contributed by atoms with Gasteiger partial charge in [-0.1, -0.05) is 90.9 Å². The predicted octanol–water partition coefficient (Wildman–Crippen LogP) is 7.00. The zero-order chi connectivity index (χ0) is 17.7. The Morgan fingerprint density at radius 1 is 0.960 bits per heavy atom. The number of benzene rings is 1. The zero-order valence-corrected chi connectivity index (χ0v) is 15.8. The van der Waals surface area contributed by atoms with Gasteiger partial charge in [-0.25, -0.2) is 0 Å². The maximum Gasteiger partial charge on any atom is 0.0237 e. The van der Waals surface area contributed by atoms with Gasteiger partial charge in [-0.2, -0.15) is 0 Å². The second kappa shape index (κ2) is 7.87. The lowest BCUT2D eigenvalue weighted by atomic mass is 9.64. The first-order valence-electron chi connectivity index (χ1n) is 9.55. The van der Waals surface area contributed by atoms with E-state index >= 15 is 0 Å². The minimum Gasteiger partial charge on any atom is -0.0807 e. The molecule has 2 atom stereocenters. The van der Waals surface area contributed by atoms with E-state index in [0.29, 0.717) is 5.92 Å². The maximum absolute atomic E-state index is 2.44. The quantitative estimate of drug-likeness (QED) is 0.560. The van der Waals surface area contributed by atoms with Crippen molar-refractivity contribution < 1.29 is 0 Å². The smallest absolute Gasteiger partial charge is 0.0237 e. The Balaban J connectivity index is 2.09. The highest BCUT2D eigenvalue weighted by atomic mass is 14.4. The molecule has 0 aliphatic heterocycles. The molecule has 0 heteroatoms. The highest BCUT2D eigenvalue weighted by Crippen LogP contribution is 2.44. The van der Waals surface area contributed by atoms with Crippen LogP contribution in [-0.4, -0.2) is 0 Å². The van der Waals surface area contributed by atoms with Crippen LogP contribution in [0.4, 0.5) is 0 Å².